The van der Waals surface area contributed by atoms with Gasteiger partial charge in [0.2, 0.25) is 35.6 Å². The van der Waals surface area contributed by atoms with Gasteiger partial charge in [-0.2, -0.15) is 70.2 Å². The van der Waals surface area contributed by atoms with Crippen molar-refractivity contribution in [3.63, 3.8) is 0 Å². The molecule has 147 heavy (non-hydrogen) atoms. The maximum atomic E-state index is 14.4. The van der Waals surface area contributed by atoms with Crippen molar-refractivity contribution in [3.8, 4) is 5.88 Å². The van der Waals surface area contributed by atoms with Gasteiger partial charge in [-0.1, -0.05) is 42.8 Å². The molecule has 22 rings (SSSR count). The molecule has 15 aromatic rings. The highest BCUT2D eigenvalue weighted by molar-refractivity contribution is 5.67. The summed E-state index contributed by atoms with van der Waals surface area (Å²) < 4.78 is 150. The quantitative estimate of drug-likeness (QED) is 0.0236. The Labute approximate surface area is 837 Å². The predicted octanol–water partition coefficient (Wildman–Crippen LogP) is 20.0. The van der Waals surface area contributed by atoms with Gasteiger partial charge in [0, 0.05) is 175 Å². The fraction of sp³-hybridized carbons (Fsp3) is 0.330. The molecular weight excluding hydrogens is 1910 g/mol. The molecule has 6 unspecified atom stereocenters. The molecule has 1 saturated carbocycles. The molecular formula is C100H109F10N35O2. The number of ether oxygens (including phenoxy) is 2. The van der Waals surface area contributed by atoms with E-state index in [1.165, 1.54) is 79.9 Å². The van der Waals surface area contributed by atoms with E-state index < -0.39 is 58.2 Å². The number of halogens is 10. The molecule has 7 fully saturated rings. The Kier molecular flexibility index (Phi) is 30.8. The first kappa shape index (κ1) is 100. The Morgan fingerprint density at radius 1 is 0.340 bits per heavy atom. The molecule has 37 nitrogen and oxygen atoms in total. The Morgan fingerprint density at radius 3 is 0.980 bits per heavy atom. The number of rotatable bonds is 25. The fourth-order valence-corrected chi connectivity index (χ4v) is 19.2. The van der Waals surface area contributed by atoms with Gasteiger partial charge in [-0.25, -0.2) is 43.9 Å². The second-order valence-corrected chi connectivity index (χ2v) is 36.5. The standard InChI is InChI=1S/C21H23F2N7O.C21H23F2N7.C20H23F2N7O.C20H21F2N7.C18H19F2N7/c22-12-5-6-13(14(23)9-12)16-3-1-7-30(16)20-11-18(26-21(24)27-20)25-19-10-15(28-29-19)17-4-2-8-31-17;22-13-6-7-14(15(23)9-13)17-5-2-8-30(17)20-11-18(26-21(24)27-20)25-19-10-16(28-29-19)12-3-1-4-12;1-11(2)30-19-10-17(27-28-19)24-16-9-18(26-20(23)25-16)29-7-3-4-15(29)13-6-5-12(21)8-14(13)22;1-2-4-13-10-18(28-27-13)24-17-11-19(26-20(23)25-17)29-8-3-5-16(29)14-7-6-12(21)9-15(14)22;1-10-7-16(26-25-10)22-15-9-17(24-18(21)23-15)27-6-2-3-14(27)12-5-4-11(19)8-13(12)20/h5-6,9-11,16-17H,1-4,7-8H2,(H4,24,25,26,27,28,29);6-7,9-12,17H,1-5,8H2,(H4,24,25,26,27,28,29);5-6,8-11,15H,3-4,7H2,1-2H3,(H4,23,24,25,26,27,28);2,4,6-7,9-11,16H,3,5,8H2,1H3,(H4,23,24,25,26,27,28);4-5,7-9,14H,2-3,6H2,1H3,(H4,21,22,23,24,25,26)/b;;;4-2+;. The van der Waals surface area contributed by atoms with E-state index in [0.717, 1.165) is 137 Å². The van der Waals surface area contributed by atoms with Crippen LogP contribution in [0.3, 0.4) is 0 Å². The highest BCUT2D eigenvalue weighted by Gasteiger charge is 2.37. The first-order valence-electron chi connectivity index (χ1n) is 48.4. The molecule has 47 heteroatoms. The maximum Gasteiger partial charge on any atom is 0.234 e. The largest absolute Gasteiger partial charge is 0.474 e. The van der Waals surface area contributed by atoms with Crippen LogP contribution in [0, 0.1) is 65.1 Å². The van der Waals surface area contributed by atoms with Gasteiger partial charge >= 0.3 is 0 Å². The zero-order chi connectivity index (χ0) is 103. The number of benzene rings is 5. The number of aromatic amines is 5. The van der Waals surface area contributed by atoms with Crippen molar-refractivity contribution in [3.05, 3.63) is 267 Å². The Balaban J connectivity index is 0.000000120. The lowest BCUT2D eigenvalue weighted by molar-refractivity contribution is 0.108. The number of nitrogens with zero attached hydrogens (tertiary/aromatic N) is 20. The summed E-state index contributed by atoms with van der Waals surface area (Å²) in [5.74, 6) is 4.16. The summed E-state index contributed by atoms with van der Waals surface area (Å²) >= 11 is 0. The van der Waals surface area contributed by atoms with E-state index in [-0.39, 0.29) is 72.2 Å². The topological polar surface area (TPSA) is 497 Å². The molecule has 10 aromatic heterocycles. The van der Waals surface area contributed by atoms with Crippen molar-refractivity contribution >= 4 is 123 Å². The van der Waals surface area contributed by atoms with Crippen LogP contribution in [0.5, 0.6) is 5.88 Å². The SMILES string of the molecule is C/C=C/c1cc(Nc2cc(N3CCCC3c3ccc(F)cc3F)nc(N)n2)n[nH]1.CC(C)Oc1cc(Nc2cc(N3CCCC3c3ccc(F)cc3F)nc(N)n2)[nH]n1.Cc1cc(Nc2cc(N3CCCC3c3ccc(F)cc3F)nc(N)n2)n[nH]1.Nc1nc(Nc2cc(C3CCC3)[nH]n2)cc(N2CCCC2c2ccc(F)cc2F)n1.Nc1nc(Nc2cc(C3CCCO3)[nH]n2)cc(N2CCCC2c2ccc(F)cc2F)n1. The molecule has 5 aromatic carbocycles. The summed E-state index contributed by atoms with van der Waals surface area (Å²) in [4.78, 5) is 52.7. The number of aryl methyl sites for hydroxylation is 1. The van der Waals surface area contributed by atoms with E-state index in [4.69, 9.17) is 38.1 Å². The number of hydrogen-bond acceptors (Lipinski definition) is 32. The summed E-state index contributed by atoms with van der Waals surface area (Å²) in [6.45, 7) is 11.8. The molecule has 16 heterocycles. The number of H-pyrrole nitrogens is 5. The van der Waals surface area contributed by atoms with Gasteiger partial charge in [0.05, 0.1) is 53.8 Å². The van der Waals surface area contributed by atoms with Crippen LogP contribution in [0.25, 0.3) is 6.08 Å². The van der Waals surface area contributed by atoms with Gasteiger partial charge in [0.1, 0.15) is 122 Å². The van der Waals surface area contributed by atoms with Gasteiger partial charge in [-0.05, 0) is 154 Å². The Hall–Kier alpha value is -16.7. The van der Waals surface area contributed by atoms with E-state index in [2.05, 4.69) is 127 Å². The average molecular weight is 2020 g/mol. The molecule has 6 atom stereocenters. The second-order valence-electron chi connectivity index (χ2n) is 36.5. The molecule has 1 aliphatic carbocycles. The Bertz CT molecular complexity index is 7140. The van der Waals surface area contributed by atoms with E-state index >= 15 is 0 Å². The normalized spacial score (nSPS) is 18.0. The van der Waals surface area contributed by atoms with E-state index in [1.807, 2.05) is 88.6 Å². The molecule has 7 aliphatic rings. The van der Waals surface area contributed by atoms with Gasteiger partial charge in [-0.3, -0.25) is 25.5 Å². The zero-order valence-electron chi connectivity index (χ0n) is 80.5. The van der Waals surface area contributed by atoms with E-state index in [1.54, 1.807) is 36.4 Å². The van der Waals surface area contributed by atoms with Gasteiger partial charge < -0.3 is 89.2 Å². The molecule has 766 valence electrons. The number of nitrogens with one attached hydrogen (secondary N) is 10. The number of aromatic nitrogens is 20. The number of anilines is 20. The van der Waals surface area contributed by atoms with Crippen molar-refractivity contribution in [2.75, 3.05) is 119 Å². The van der Waals surface area contributed by atoms with Crippen molar-refractivity contribution in [1.29, 1.82) is 0 Å². The van der Waals surface area contributed by atoms with Crippen molar-refractivity contribution in [2.24, 2.45) is 0 Å². The minimum atomic E-state index is -0.598. The van der Waals surface area contributed by atoms with Crippen molar-refractivity contribution < 1.29 is 53.4 Å². The van der Waals surface area contributed by atoms with Crippen LogP contribution in [0.15, 0.2) is 158 Å². The molecule has 6 saturated heterocycles. The summed E-state index contributed by atoms with van der Waals surface area (Å²) in [5, 5.41) is 51.2. The molecule has 0 amide bonds. The molecule has 0 spiro atoms. The van der Waals surface area contributed by atoms with Gasteiger partial charge in [0.25, 0.3) is 0 Å². The molecule has 6 aliphatic heterocycles. The van der Waals surface area contributed by atoms with Gasteiger partial charge in [0.15, 0.2) is 23.3 Å². The first-order valence-corrected chi connectivity index (χ1v) is 48.4. The van der Waals surface area contributed by atoms with E-state index in [9.17, 15) is 43.9 Å². The van der Waals surface area contributed by atoms with Crippen LogP contribution in [-0.2, 0) is 4.74 Å². The summed E-state index contributed by atoms with van der Waals surface area (Å²) in [6.07, 6.45) is 17.4. The highest BCUT2D eigenvalue weighted by atomic mass is 19.2. The number of nitrogens with two attached hydrogens (primary N) is 5. The minimum absolute atomic E-state index is 0.00130. The molecule has 0 bridgehead atoms. The zero-order valence-corrected chi connectivity index (χ0v) is 80.5. The number of hydrogen-bond donors (Lipinski definition) is 15. The van der Waals surface area contributed by atoms with Crippen molar-refractivity contribution in [1.82, 2.24) is 101 Å². The van der Waals surface area contributed by atoms with Crippen LogP contribution in [0.1, 0.15) is 210 Å². The third kappa shape index (κ3) is 24.7. The summed E-state index contributed by atoms with van der Waals surface area (Å²) in [6, 6.07) is 35.2. The first-order chi connectivity index (χ1) is 71.0. The van der Waals surface area contributed by atoms with Crippen LogP contribution < -0.4 is 84.5 Å². The number of nitrogen functional groups attached to an aromatic ring is 5. The lowest BCUT2D eigenvalue weighted by atomic mass is 9.83. The fourth-order valence-electron chi connectivity index (χ4n) is 19.2. The lowest BCUT2D eigenvalue weighted by Crippen LogP contribution is -2.25. The minimum Gasteiger partial charge on any atom is -0.474 e. The van der Waals surface area contributed by atoms with Crippen LogP contribution in [-0.4, -0.2) is 146 Å². The average Bonchev–Trinajstić information content (AvgIpc) is 1.81. The third-order valence-electron chi connectivity index (χ3n) is 25.9. The lowest BCUT2D eigenvalue weighted by Gasteiger charge is -2.26. The third-order valence-corrected chi connectivity index (χ3v) is 25.9. The summed E-state index contributed by atoms with van der Waals surface area (Å²) in [7, 11) is 0. The van der Waals surface area contributed by atoms with Crippen LogP contribution in [0.4, 0.5) is 161 Å². The monoisotopic (exact) mass is 2020 g/mol. The van der Waals surface area contributed by atoms with Gasteiger partial charge in [-0.15, -0.1) is 5.10 Å². The van der Waals surface area contributed by atoms with Crippen LogP contribution >= 0.6 is 0 Å². The summed E-state index contributed by atoms with van der Waals surface area (Å²) in [5.41, 5.74) is 35.7. The van der Waals surface area contributed by atoms with Crippen molar-refractivity contribution in [2.45, 2.75) is 172 Å². The maximum absolute atomic E-state index is 14.4. The smallest absolute Gasteiger partial charge is 0.234 e. The van der Waals surface area contributed by atoms with E-state index in [0.29, 0.717) is 160 Å². The Morgan fingerprint density at radius 2 is 0.667 bits per heavy atom. The molecule has 20 N–H and O–H groups in total. The number of allylic oxidation sites excluding steroid dienone is 1. The predicted molar refractivity (Wildman–Crippen MR) is 540 cm³/mol. The highest BCUT2D eigenvalue weighted by Crippen LogP contribution is 2.46. The second kappa shape index (κ2) is 45.1. The molecule has 0 radical (unpaired) electrons. The van der Waals surface area contributed by atoms with Crippen LogP contribution in [0.2, 0.25) is 0 Å².